The van der Waals surface area contributed by atoms with Crippen molar-refractivity contribution in [3.8, 4) is 0 Å². The van der Waals surface area contributed by atoms with Gasteiger partial charge < -0.3 is 5.32 Å². The van der Waals surface area contributed by atoms with E-state index in [4.69, 9.17) is 0 Å². The number of sulfonamides is 1. The summed E-state index contributed by atoms with van der Waals surface area (Å²) in [4.78, 5) is 11.2. The van der Waals surface area contributed by atoms with Gasteiger partial charge in [0.2, 0.25) is 15.9 Å². The SMILES string of the molecule is CC(C)NC(=O)CCNS(=O)(=O)C(C)C. The summed E-state index contributed by atoms with van der Waals surface area (Å²) in [5.74, 6) is -0.142. The normalized spacial score (nSPS) is 12.1. The second-order valence-corrected chi connectivity index (χ2v) is 6.28. The van der Waals surface area contributed by atoms with E-state index >= 15 is 0 Å². The van der Waals surface area contributed by atoms with Crippen molar-refractivity contribution in [1.82, 2.24) is 10.0 Å². The Kier molecular flexibility index (Phi) is 5.82. The lowest BCUT2D eigenvalue weighted by molar-refractivity contribution is -0.121. The Hall–Kier alpha value is -0.620. The van der Waals surface area contributed by atoms with Crippen LogP contribution in [-0.2, 0) is 14.8 Å². The molecule has 5 nitrogen and oxygen atoms in total. The van der Waals surface area contributed by atoms with E-state index in [0.717, 1.165) is 0 Å². The predicted molar refractivity (Wildman–Crippen MR) is 60.0 cm³/mol. The minimum Gasteiger partial charge on any atom is -0.354 e. The monoisotopic (exact) mass is 236 g/mol. The van der Waals surface area contributed by atoms with Crippen LogP contribution in [0.4, 0.5) is 0 Å². The van der Waals surface area contributed by atoms with Crippen molar-refractivity contribution in [2.45, 2.75) is 45.4 Å². The lowest BCUT2D eigenvalue weighted by Gasteiger charge is -2.10. The molecule has 0 fully saturated rings. The lowest BCUT2D eigenvalue weighted by Crippen LogP contribution is -2.36. The summed E-state index contributed by atoms with van der Waals surface area (Å²) in [5.41, 5.74) is 0. The van der Waals surface area contributed by atoms with Crippen molar-refractivity contribution in [1.29, 1.82) is 0 Å². The number of rotatable bonds is 6. The van der Waals surface area contributed by atoms with Crippen molar-refractivity contribution < 1.29 is 13.2 Å². The molecule has 15 heavy (non-hydrogen) atoms. The van der Waals surface area contributed by atoms with Crippen LogP contribution < -0.4 is 10.0 Å². The van der Waals surface area contributed by atoms with Crippen LogP contribution in [0.25, 0.3) is 0 Å². The van der Waals surface area contributed by atoms with Crippen LogP contribution in [0.15, 0.2) is 0 Å². The van der Waals surface area contributed by atoms with Gasteiger partial charge in [-0.25, -0.2) is 13.1 Å². The topological polar surface area (TPSA) is 75.3 Å². The molecular formula is C9H20N2O3S. The standard InChI is InChI=1S/C9H20N2O3S/c1-7(2)11-9(12)5-6-10-15(13,14)8(3)4/h7-8,10H,5-6H2,1-4H3,(H,11,12). The van der Waals surface area contributed by atoms with Crippen LogP contribution in [0.2, 0.25) is 0 Å². The molecular weight excluding hydrogens is 216 g/mol. The highest BCUT2D eigenvalue weighted by atomic mass is 32.2. The first-order valence-corrected chi connectivity index (χ1v) is 6.58. The van der Waals surface area contributed by atoms with Gasteiger partial charge in [-0.1, -0.05) is 0 Å². The molecule has 0 aliphatic rings. The summed E-state index contributed by atoms with van der Waals surface area (Å²) < 4.78 is 25.0. The van der Waals surface area contributed by atoms with E-state index < -0.39 is 15.3 Å². The summed E-state index contributed by atoms with van der Waals surface area (Å²) in [5, 5.41) is 2.22. The molecule has 0 unspecified atom stereocenters. The summed E-state index contributed by atoms with van der Waals surface area (Å²) in [6.45, 7) is 7.05. The Morgan fingerprint density at radius 2 is 1.73 bits per heavy atom. The van der Waals surface area contributed by atoms with Gasteiger partial charge in [0.1, 0.15) is 0 Å². The maximum absolute atomic E-state index is 11.3. The second-order valence-electron chi connectivity index (χ2n) is 3.96. The van der Waals surface area contributed by atoms with Gasteiger partial charge in [0.25, 0.3) is 0 Å². The van der Waals surface area contributed by atoms with E-state index in [0.29, 0.717) is 0 Å². The summed E-state index contributed by atoms with van der Waals surface area (Å²) in [6.07, 6.45) is 0.171. The van der Waals surface area contributed by atoms with E-state index in [1.165, 1.54) is 0 Å². The van der Waals surface area contributed by atoms with Gasteiger partial charge in [-0.2, -0.15) is 0 Å². The molecule has 0 bridgehead atoms. The molecule has 0 aromatic rings. The van der Waals surface area contributed by atoms with Gasteiger partial charge in [-0.3, -0.25) is 4.79 Å². The molecule has 0 radical (unpaired) electrons. The van der Waals surface area contributed by atoms with Crippen LogP contribution in [0.1, 0.15) is 34.1 Å². The average Bonchev–Trinajstić information content (AvgIpc) is 2.01. The van der Waals surface area contributed by atoms with Crippen LogP contribution in [0.5, 0.6) is 0 Å². The summed E-state index contributed by atoms with van der Waals surface area (Å²) in [7, 11) is -3.25. The van der Waals surface area contributed by atoms with E-state index in [9.17, 15) is 13.2 Å². The highest BCUT2D eigenvalue weighted by Gasteiger charge is 2.15. The zero-order valence-corrected chi connectivity index (χ0v) is 10.5. The molecule has 0 heterocycles. The fourth-order valence-electron chi connectivity index (χ4n) is 0.868. The molecule has 0 spiro atoms. The highest BCUT2D eigenvalue weighted by molar-refractivity contribution is 7.90. The van der Waals surface area contributed by atoms with Crippen molar-refractivity contribution in [2.24, 2.45) is 0 Å². The minimum atomic E-state index is -3.25. The van der Waals surface area contributed by atoms with Crippen LogP contribution in [0, 0.1) is 0 Å². The number of amides is 1. The molecule has 0 aromatic carbocycles. The number of carbonyl (C=O) groups excluding carboxylic acids is 1. The van der Waals surface area contributed by atoms with Crippen LogP contribution in [-0.4, -0.2) is 32.2 Å². The third-order valence-corrected chi connectivity index (χ3v) is 3.57. The average molecular weight is 236 g/mol. The van der Waals surface area contributed by atoms with E-state index in [1.807, 2.05) is 13.8 Å². The van der Waals surface area contributed by atoms with Gasteiger partial charge in [0.05, 0.1) is 5.25 Å². The van der Waals surface area contributed by atoms with Gasteiger partial charge in [0, 0.05) is 19.0 Å². The zero-order chi connectivity index (χ0) is 12.1. The predicted octanol–water partition coefficient (Wildman–Crippen LogP) is 0.229. The molecule has 6 heteroatoms. The molecule has 0 saturated carbocycles. The molecule has 0 aliphatic heterocycles. The van der Waals surface area contributed by atoms with E-state index in [-0.39, 0.29) is 24.9 Å². The highest BCUT2D eigenvalue weighted by Crippen LogP contribution is 1.95. The quantitative estimate of drug-likeness (QED) is 0.693. The smallest absolute Gasteiger partial charge is 0.221 e. The summed E-state index contributed by atoms with van der Waals surface area (Å²) >= 11 is 0. The molecule has 0 atom stereocenters. The minimum absolute atomic E-state index is 0.0826. The van der Waals surface area contributed by atoms with E-state index in [2.05, 4.69) is 10.0 Å². The first-order chi connectivity index (χ1) is 6.75. The molecule has 2 N–H and O–H groups in total. The van der Waals surface area contributed by atoms with Gasteiger partial charge >= 0.3 is 0 Å². The second kappa shape index (κ2) is 6.07. The van der Waals surface area contributed by atoms with E-state index in [1.54, 1.807) is 13.8 Å². The maximum atomic E-state index is 11.3. The van der Waals surface area contributed by atoms with Crippen LogP contribution >= 0.6 is 0 Å². The molecule has 0 rings (SSSR count). The molecule has 0 aliphatic carbocycles. The third kappa shape index (κ3) is 6.46. The maximum Gasteiger partial charge on any atom is 0.221 e. The third-order valence-electron chi connectivity index (χ3n) is 1.73. The molecule has 0 saturated heterocycles. The van der Waals surface area contributed by atoms with Crippen molar-refractivity contribution >= 4 is 15.9 Å². The fourth-order valence-corrected chi connectivity index (χ4v) is 1.59. The van der Waals surface area contributed by atoms with Gasteiger partial charge in [-0.15, -0.1) is 0 Å². The first-order valence-electron chi connectivity index (χ1n) is 5.03. The van der Waals surface area contributed by atoms with Crippen molar-refractivity contribution in [2.75, 3.05) is 6.54 Å². The molecule has 0 aromatic heterocycles. The van der Waals surface area contributed by atoms with Crippen molar-refractivity contribution in [3.05, 3.63) is 0 Å². The fraction of sp³-hybridized carbons (Fsp3) is 0.889. The number of carbonyl (C=O) groups is 1. The Balaban J connectivity index is 3.86. The summed E-state index contributed by atoms with van der Waals surface area (Å²) in [6, 6.07) is 0.0826. The Labute approximate surface area is 91.7 Å². The van der Waals surface area contributed by atoms with Gasteiger partial charge in [-0.05, 0) is 27.7 Å². The molecule has 1 amide bonds. The van der Waals surface area contributed by atoms with Crippen molar-refractivity contribution in [3.63, 3.8) is 0 Å². The lowest BCUT2D eigenvalue weighted by atomic mass is 10.3. The Morgan fingerprint density at radius 1 is 1.20 bits per heavy atom. The Morgan fingerprint density at radius 3 is 2.13 bits per heavy atom. The number of hydrogen-bond acceptors (Lipinski definition) is 3. The number of hydrogen-bond donors (Lipinski definition) is 2. The Bertz CT molecular complexity index is 296. The first kappa shape index (κ1) is 14.4. The zero-order valence-electron chi connectivity index (χ0n) is 9.70. The molecule has 90 valence electrons. The number of nitrogens with one attached hydrogen (secondary N) is 2. The van der Waals surface area contributed by atoms with Gasteiger partial charge in [0.15, 0.2) is 0 Å². The largest absolute Gasteiger partial charge is 0.354 e. The van der Waals surface area contributed by atoms with Crippen LogP contribution in [0.3, 0.4) is 0 Å².